The van der Waals surface area contributed by atoms with Crippen LogP contribution in [-0.4, -0.2) is 21.4 Å². The molecule has 0 spiro atoms. The molecule has 2 aromatic rings. The average Bonchev–Trinajstić information content (AvgIpc) is 2.60. The fourth-order valence-electron chi connectivity index (χ4n) is 2.28. The van der Waals surface area contributed by atoms with Crippen molar-refractivity contribution in [3.05, 3.63) is 59.7 Å². The number of amides is 1. The Balaban J connectivity index is 2.17. The van der Waals surface area contributed by atoms with E-state index in [1.807, 2.05) is 12.1 Å². The van der Waals surface area contributed by atoms with Gasteiger partial charge in [0.05, 0.1) is 4.90 Å². The largest absolute Gasteiger partial charge is 0.355 e. The summed E-state index contributed by atoms with van der Waals surface area (Å²) in [5, 5.41) is 2.48. The second kappa shape index (κ2) is 7.97. The van der Waals surface area contributed by atoms with E-state index in [0.29, 0.717) is 11.3 Å². The number of sulfonamides is 1. The Morgan fingerprint density at radius 2 is 1.79 bits per heavy atom. The number of anilines is 1. The number of nitrogens with one attached hydrogen (secondary N) is 2. The average molecular weight is 346 g/mol. The molecular formula is C18H22N2O3S. The molecule has 0 saturated carbocycles. The number of hydrogen-bond donors (Lipinski definition) is 2. The fraction of sp³-hybridized carbons (Fsp3) is 0.278. The van der Waals surface area contributed by atoms with Gasteiger partial charge in [0.1, 0.15) is 0 Å². The number of carbonyl (C=O) groups excluding carboxylic acids is 1. The summed E-state index contributed by atoms with van der Waals surface area (Å²) in [6, 6.07) is 13.3. The quantitative estimate of drug-likeness (QED) is 0.808. The zero-order chi connectivity index (χ0) is 17.6. The number of unbranched alkanes of at least 4 members (excludes halogenated alkanes) is 1. The van der Waals surface area contributed by atoms with Crippen LogP contribution < -0.4 is 10.0 Å². The Bertz CT molecular complexity index is 799. The molecule has 5 nitrogen and oxygen atoms in total. The molecule has 6 heteroatoms. The maximum Gasteiger partial charge on any atom is 0.261 e. The molecular weight excluding hydrogens is 324 g/mol. The molecule has 0 aliphatic heterocycles. The molecule has 1 amide bonds. The predicted molar refractivity (Wildman–Crippen MR) is 95.7 cm³/mol. The highest BCUT2D eigenvalue weighted by atomic mass is 32.2. The second-order valence-corrected chi connectivity index (χ2v) is 7.20. The molecule has 0 radical (unpaired) electrons. The van der Waals surface area contributed by atoms with E-state index in [9.17, 15) is 13.2 Å². The minimum atomic E-state index is -3.74. The van der Waals surface area contributed by atoms with Gasteiger partial charge in [-0.25, -0.2) is 8.42 Å². The summed E-state index contributed by atoms with van der Waals surface area (Å²) in [4.78, 5) is 11.7. The fourth-order valence-corrected chi connectivity index (χ4v) is 3.39. The highest BCUT2D eigenvalue weighted by Gasteiger charge is 2.16. The summed E-state index contributed by atoms with van der Waals surface area (Å²) in [7, 11) is -2.24. The highest BCUT2D eigenvalue weighted by Crippen LogP contribution is 2.18. The Morgan fingerprint density at radius 3 is 2.42 bits per heavy atom. The SMILES string of the molecule is CCCCc1ccc(NS(=O)(=O)c2cccc(C(=O)NC)c2)cc1. The number of aryl methyl sites for hydroxylation is 1. The molecule has 24 heavy (non-hydrogen) atoms. The number of carbonyl (C=O) groups is 1. The lowest BCUT2D eigenvalue weighted by atomic mass is 10.1. The minimum absolute atomic E-state index is 0.0543. The lowest BCUT2D eigenvalue weighted by Gasteiger charge is -2.10. The summed E-state index contributed by atoms with van der Waals surface area (Å²) in [6.07, 6.45) is 3.21. The van der Waals surface area contributed by atoms with E-state index in [2.05, 4.69) is 17.0 Å². The predicted octanol–water partition coefficient (Wildman–Crippen LogP) is 3.19. The van der Waals surface area contributed by atoms with Crippen LogP contribution in [0.1, 0.15) is 35.7 Å². The van der Waals surface area contributed by atoms with Crippen molar-refractivity contribution in [1.82, 2.24) is 5.32 Å². The van der Waals surface area contributed by atoms with Gasteiger partial charge in [-0.15, -0.1) is 0 Å². The van der Waals surface area contributed by atoms with Crippen LogP contribution in [0, 0.1) is 0 Å². The van der Waals surface area contributed by atoms with Crippen molar-refractivity contribution in [3.63, 3.8) is 0 Å². The molecule has 0 bridgehead atoms. The summed E-state index contributed by atoms with van der Waals surface area (Å²) in [6.45, 7) is 2.13. The summed E-state index contributed by atoms with van der Waals surface area (Å²) in [5.74, 6) is -0.327. The van der Waals surface area contributed by atoms with Gasteiger partial charge in [0, 0.05) is 18.3 Å². The van der Waals surface area contributed by atoms with Gasteiger partial charge in [0.2, 0.25) is 0 Å². The highest BCUT2D eigenvalue weighted by molar-refractivity contribution is 7.92. The normalized spacial score (nSPS) is 11.1. The number of hydrogen-bond acceptors (Lipinski definition) is 3. The Labute approximate surface area is 143 Å². The molecule has 0 aromatic heterocycles. The smallest absolute Gasteiger partial charge is 0.261 e. The van der Waals surface area contributed by atoms with Gasteiger partial charge in [-0.1, -0.05) is 31.5 Å². The summed E-state index contributed by atoms with van der Waals surface area (Å²) < 4.78 is 27.5. The molecule has 0 fully saturated rings. The summed E-state index contributed by atoms with van der Waals surface area (Å²) in [5.41, 5.74) is 1.98. The van der Waals surface area contributed by atoms with Crippen LogP contribution in [0.2, 0.25) is 0 Å². The van der Waals surface area contributed by atoms with Gasteiger partial charge >= 0.3 is 0 Å². The van der Waals surface area contributed by atoms with E-state index < -0.39 is 10.0 Å². The topological polar surface area (TPSA) is 75.3 Å². The van der Waals surface area contributed by atoms with E-state index in [1.165, 1.54) is 24.7 Å². The van der Waals surface area contributed by atoms with Crippen molar-refractivity contribution >= 4 is 21.6 Å². The molecule has 0 heterocycles. The van der Waals surface area contributed by atoms with E-state index in [4.69, 9.17) is 0 Å². The minimum Gasteiger partial charge on any atom is -0.355 e. The van der Waals surface area contributed by atoms with Crippen molar-refractivity contribution < 1.29 is 13.2 Å². The first-order valence-electron chi connectivity index (χ1n) is 7.90. The first-order valence-corrected chi connectivity index (χ1v) is 9.38. The molecule has 2 rings (SSSR count). The van der Waals surface area contributed by atoms with Gasteiger partial charge in [-0.3, -0.25) is 9.52 Å². The molecule has 0 unspecified atom stereocenters. The first kappa shape index (κ1) is 18.0. The van der Waals surface area contributed by atoms with Gasteiger partial charge in [0.15, 0.2) is 0 Å². The molecule has 0 atom stereocenters. The zero-order valence-electron chi connectivity index (χ0n) is 13.9. The maximum absolute atomic E-state index is 12.5. The number of benzene rings is 2. The van der Waals surface area contributed by atoms with Crippen molar-refractivity contribution in [1.29, 1.82) is 0 Å². The van der Waals surface area contributed by atoms with Crippen LogP contribution in [0.5, 0.6) is 0 Å². The van der Waals surface area contributed by atoms with Gasteiger partial charge in [-0.05, 0) is 48.7 Å². The van der Waals surface area contributed by atoms with Crippen LogP contribution in [0.3, 0.4) is 0 Å². The van der Waals surface area contributed by atoms with Crippen LogP contribution in [0.15, 0.2) is 53.4 Å². The molecule has 0 aliphatic rings. The Kier molecular flexibility index (Phi) is 5.98. The summed E-state index contributed by atoms with van der Waals surface area (Å²) >= 11 is 0. The van der Waals surface area contributed by atoms with Gasteiger partial charge in [0.25, 0.3) is 15.9 Å². The van der Waals surface area contributed by atoms with Gasteiger partial charge in [-0.2, -0.15) is 0 Å². The van der Waals surface area contributed by atoms with Crippen molar-refractivity contribution in [2.24, 2.45) is 0 Å². The lowest BCUT2D eigenvalue weighted by Crippen LogP contribution is -2.19. The molecule has 0 saturated heterocycles. The van der Waals surface area contributed by atoms with Crippen LogP contribution >= 0.6 is 0 Å². The van der Waals surface area contributed by atoms with E-state index in [-0.39, 0.29) is 10.8 Å². The molecule has 0 aliphatic carbocycles. The molecule has 2 N–H and O–H groups in total. The van der Waals surface area contributed by atoms with Crippen LogP contribution in [0.4, 0.5) is 5.69 Å². The van der Waals surface area contributed by atoms with Crippen LogP contribution in [0.25, 0.3) is 0 Å². The molecule has 128 valence electrons. The van der Waals surface area contributed by atoms with Crippen molar-refractivity contribution in [2.75, 3.05) is 11.8 Å². The first-order chi connectivity index (χ1) is 11.5. The monoisotopic (exact) mass is 346 g/mol. The van der Waals surface area contributed by atoms with E-state index in [0.717, 1.165) is 19.3 Å². The zero-order valence-corrected chi connectivity index (χ0v) is 14.7. The molecule has 2 aromatic carbocycles. The Hall–Kier alpha value is -2.34. The third kappa shape index (κ3) is 4.58. The van der Waals surface area contributed by atoms with Crippen LogP contribution in [-0.2, 0) is 16.4 Å². The second-order valence-electron chi connectivity index (χ2n) is 5.51. The maximum atomic E-state index is 12.5. The van der Waals surface area contributed by atoms with Gasteiger partial charge < -0.3 is 5.32 Å². The third-order valence-electron chi connectivity index (χ3n) is 3.66. The van der Waals surface area contributed by atoms with Crippen molar-refractivity contribution in [3.8, 4) is 0 Å². The Morgan fingerprint density at radius 1 is 1.08 bits per heavy atom. The van der Waals surface area contributed by atoms with E-state index in [1.54, 1.807) is 24.3 Å². The van der Waals surface area contributed by atoms with E-state index >= 15 is 0 Å². The van der Waals surface area contributed by atoms with Crippen molar-refractivity contribution in [2.45, 2.75) is 31.1 Å². The third-order valence-corrected chi connectivity index (χ3v) is 5.04. The number of rotatable bonds is 7. The lowest BCUT2D eigenvalue weighted by molar-refractivity contribution is 0.0963. The standard InChI is InChI=1S/C18H22N2O3S/c1-3-4-6-14-9-11-16(12-10-14)20-24(22,23)17-8-5-7-15(13-17)18(21)19-2/h5,7-13,20H,3-4,6H2,1-2H3,(H,19,21).